The van der Waals surface area contributed by atoms with Crippen LogP contribution in [0.5, 0.6) is 0 Å². The third-order valence-electron chi connectivity index (χ3n) is 5.21. The van der Waals surface area contributed by atoms with Crippen LogP contribution in [0.1, 0.15) is 51.0 Å². The Morgan fingerprint density at radius 2 is 1.85 bits per heavy atom. The molecule has 4 rings (SSSR count). The predicted molar refractivity (Wildman–Crippen MR) is 103 cm³/mol. The minimum absolute atomic E-state index is 0.0296. The lowest BCUT2D eigenvalue weighted by Crippen LogP contribution is -2.38. The Morgan fingerprint density at radius 3 is 2.56 bits per heavy atom. The maximum absolute atomic E-state index is 12.3. The van der Waals surface area contributed by atoms with Gasteiger partial charge in [0, 0.05) is 43.9 Å². The van der Waals surface area contributed by atoms with E-state index >= 15 is 0 Å². The Bertz CT molecular complexity index is 1020. The first-order valence-electron chi connectivity index (χ1n) is 9.34. The van der Waals surface area contributed by atoms with E-state index in [0.717, 1.165) is 43.1 Å². The van der Waals surface area contributed by atoms with Gasteiger partial charge < -0.3 is 9.47 Å². The largest absolute Gasteiger partial charge is 0.352 e. The molecule has 0 radical (unpaired) electrons. The number of anilines is 1. The molecule has 8 heteroatoms. The topological polar surface area (TPSA) is 81.2 Å². The molecule has 0 atom stereocenters. The van der Waals surface area contributed by atoms with Crippen molar-refractivity contribution in [3.63, 3.8) is 0 Å². The first kappa shape index (κ1) is 17.6. The normalized spacial score (nSPS) is 16.2. The highest BCUT2D eigenvalue weighted by Crippen LogP contribution is 2.28. The second kappa shape index (κ2) is 6.44. The van der Waals surface area contributed by atoms with E-state index in [1.807, 2.05) is 16.6 Å². The molecule has 0 amide bonds. The van der Waals surface area contributed by atoms with Gasteiger partial charge in [-0.2, -0.15) is 9.61 Å². The molecule has 0 spiro atoms. The lowest BCUT2D eigenvalue weighted by molar-refractivity contribution is 0.469. The van der Waals surface area contributed by atoms with Crippen molar-refractivity contribution in [3.05, 3.63) is 46.4 Å². The molecule has 27 heavy (non-hydrogen) atoms. The second-order valence-electron chi connectivity index (χ2n) is 8.23. The van der Waals surface area contributed by atoms with Crippen molar-refractivity contribution in [2.24, 2.45) is 7.05 Å². The van der Waals surface area contributed by atoms with Crippen molar-refractivity contribution in [1.29, 1.82) is 0 Å². The van der Waals surface area contributed by atoms with Gasteiger partial charge in [-0.3, -0.25) is 4.79 Å². The molecule has 0 aromatic carbocycles. The predicted octanol–water partition coefficient (Wildman–Crippen LogP) is 1.90. The van der Waals surface area contributed by atoms with Gasteiger partial charge in [0.25, 0.3) is 5.56 Å². The van der Waals surface area contributed by atoms with Crippen LogP contribution in [0.15, 0.2) is 29.3 Å². The van der Waals surface area contributed by atoms with Crippen molar-refractivity contribution >= 4 is 11.5 Å². The van der Waals surface area contributed by atoms with Gasteiger partial charge in [0.15, 0.2) is 17.3 Å². The zero-order valence-corrected chi connectivity index (χ0v) is 16.3. The number of nitrogens with zero attached hydrogens (tertiary/aromatic N) is 7. The first-order valence-corrected chi connectivity index (χ1v) is 9.34. The fourth-order valence-corrected chi connectivity index (χ4v) is 3.51. The van der Waals surface area contributed by atoms with Crippen molar-refractivity contribution in [2.75, 3.05) is 18.0 Å². The van der Waals surface area contributed by atoms with Crippen LogP contribution in [0.2, 0.25) is 0 Å². The Hall–Kier alpha value is -2.77. The summed E-state index contributed by atoms with van der Waals surface area (Å²) in [4.78, 5) is 18.7. The standard InChI is InChI=1S/C19H25N7O/c1-19(2,3)14-5-6-15-21-22-16(26(15)23-14)13-7-10-25(11-8-13)17-18(27)24(4)12-9-20-17/h5-6,9,12-13H,7-8,10-11H2,1-4H3. The van der Waals surface area contributed by atoms with E-state index in [9.17, 15) is 4.79 Å². The van der Waals surface area contributed by atoms with Gasteiger partial charge in [-0.25, -0.2) is 4.98 Å². The highest BCUT2D eigenvalue weighted by Gasteiger charge is 2.27. The van der Waals surface area contributed by atoms with Crippen LogP contribution in [0.4, 0.5) is 5.82 Å². The molecule has 3 aromatic rings. The molecular weight excluding hydrogens is 342 g/mol. The molecule has 1 aliphatic rings. The summed E-state index contributed by atoms with van der Waals surface area (Å²) in [5, 5.41) is 13.5. The SMILES string of the molecule is Cn1ccnc(N2CCC(c3nnc4ccc(C(C)(C)C)nn34)CC2)c1=O. The van der Waals surface area contributed by atoms with Crippen molar-refractivity contribution in [3.8, 4) is 0 Å². The van der Waals surface area contributed by atoms with E-state index in [-0.39, 0.29) is 16.9 Å². The van der Waals surface area contributed by atoms with E-state index in [1.54, 1.807) is 24.0 Å². The van der Waals surface area contributed by atoms with Crippen LogP contribution < -0.4 is 10.5 Å². The monoisotopic (exact) mass is 367 g/mol. The van der Waals surface area contributed by atoms with Gasteiger partial charge in [0.05, 0.1) is 5.69 Å². The molecule has 0 bridgehead atoms. The van der Waals surface area contributed by atoms with Gasteiger partial charge in [-0.1, -0.05) is 20.8 Å². The minimum Gasteiger partial charge on any atom is -0.352 e. The van der Waals surface area contributed by atoms with Crippen LogP contribution in [0.25, 0.3) is 5.65 Å². The second-order valence-corrected chi connectivity index (χ2v) is 8.23. The lowest BCUT2D eigenvalue weighted by Gasteiger charge is -2.31. The number of aromatic nitrogens is 6. The summed E-state index contributed by atoms with van der Waals surface area (Å²) in [6.07, 6.45) is 5.14. The van der Waals surface area contributed by atoms with Crippen LogP contribution in [-0.2, 0) is 12.5 Å². The van der Waals surface area contributed by atoms with Crippen LogP contribution in [0.3, 0.4) is 0 Å². The summed E-state index contributed by atoms with van der Waals surface area (Å²) < 4.78 is 3.46. The van der Waals surface area contributed by atoms with E-state index in [0.29, 0.717) is 5.82 Å². The van der Waals surface area contributed by atoms with E-state index in [4.69, 9.17) is 5.10 Å². The molecule has 3 aromatic heterocycles. The molecule has 0 unspecified atom stereocenters. The highest BCUT2D eigenvalue weighted by molar-refractivity contribution is 5.39. The maximum atomic E-state index is 12.3. The number of piperidine rings is 1. The molecule has 8 nitrogen and oxygen atoms in total. The van der Waals surface area contributed by atoms with Crippen LogP contribution in [0, 0.1) is 0 Å². The van der Waals surface area contributed by atoms with Crippen molar-refractivity contribution in [2.45, 2.75) is 44.9 Å². The quantitative estimate of drug-likeness (QED) is 0.688. The zero-order valence-electron chi connectivity index (χ0n) is 16.3. The van der Waals surface area contributed by atoms with Gasteiger partial charge in [0.2, 0.25) is 0 Å². The van der Waals surface area contributed by atoms with Gasteiger partial charge in [-0.15, -0.1) is 10.2 Å². The summed E-state index contributed by atoms with van der Waals surface area (Å²) in [6, 6.07) is 4.00. The van der Waals surface area contributed by atoms with Gasteiger partial charge in [-0.05, 0) is 25.0 Å². The fraction of sp³-hybridized carbons (Fsp3) is 0.526. The van der Waals surface area contributed by atoms with Crippen LogP contribution >= 0.6 is 0 Å². The average Bonchev–Trinajstić information content (AvgIpc) is 3.07. The summed E-state index contributed by atoms with van der Waals surface area (Å²) in [7, 11) is 1.75. The first-order chi connectivity index (χ1) is 12.8. The maximum Gasteiger partial charge on any atom is 0.293 e. The Morgan fingerprint density at radius 1 is 1.11 bits per heavy atom. The molecule has 4 heterocycles. The third kappa shape index (κ3) is 3.20. The number of hydrogen-bond donors (Lipinski definition) is 0. The smallest absolute Gasteiger partial charge is 0.293 e. The molecule has 0 saturated carbocycles. The average molecular weight is 367 g/mol. The summed E-state index contributed by atoms with van der Waals surface area (Å²) in [5.41, 5.74) is 1.71. The molecule has 0 N–H and O–H groups in total. The van der Waals surface area contributed by atoms with Crippen LogP contribution in [-0.4, -0.2) is 42.5 Å². The number of rotatable bonds is 2. The molecule has 142 valence electrons. The fourth-order valence-electron chi connectivity index (χ4n) is 3.51. The summed E-state index contributed by atoms with van der Waals surface area (Å²) in [5.74, 6) is 1.70. The molecular formula is C19H25N7O. The zero-order chi connectivity index (χ0) is 19.2. The number of hydrogen-bond acceptors (Lipinski definition) is 6. The minimum atomic E-state index is -0.0552. The number of fused-ring (bicyclic) bond motifs is 1. The number of aryl methyl sites for hydroxylation is 1. The third-order valence-corrected chi connectivity index (χ3v) is 5.21. The molecule has 1 fully saturated rings. The molecule has 0 aliphatic carbocycles. The van der Waals surface area contributed by atoms with E-state index in [2.05, 4.69) is 40.9 Å². The Kier molecular flexibility index (Phi) is 4.20. The molecule has 1 saturated heterocycles. The molecule has 1 aliphatic heterocycles. The Balaban J connectivity index is 1.58. The van der Waals surface area contributed by atoms with E-state index in [1.165, 1.54) is 0 Å². The highest BCUT2D eigenvalue weighted by atomic mass is 16.1. The van der Waals surface area contributed by atoms with Crippen molar-refractivity contribution < 1.29 is 0 Å². The summed E-state index contributed by atoms with van der Waals surface area (Å²) >= 11 is 0. The summed E-state index contributed by atoms with van der Waals surface area (Å²) in [6.45, 7) is 7.99. The van der Waals surface area contributed by atoms with E-state index < -0.39 is 0 Å². The Labute approximate surface area is 157 Å². The van der Waals surface area contributed by atoms with Crippen molar-refractivity contribution in [1.82, 2.24) is 29.4 Å². The van der Waals surface area contributed by atoms with Gasteiger partial charge >= 0.3 is 0 Å². The lowest BCUT2D eigenvalue weighted by atomic mass is 9.92. The van der Waals surface area contributed by atoms with Gasteiger partial charge in [0.1, 0.15) is 0 Å².